The number of amides is 1. The number of nitrogens with one attached hydrogen (secondary N) is 1. The summed E-state index contributed by atoms with van der Waals surface area (Å²) >= 11 is 0. The number of furan rings is 1. The average Bonchev–Trinajstić information content (AvgIpc) is 3.08. The van der Waals surface area contributed by atoms with Crippen molar-refractivity contribution in [2.75, 3.05) is 14.1 Å². The molecule has 0 spiro atoms. The SMILES string of the molecule is Cc1oc(CNC(=O)c2cc(S(=O)(=O)N(C)C)cn2C)cc1C(=O)O. The maximum absolute atomic E-state index is 12.3. The number of rotatable bonds is 6. The van der Waals surface area contributed by atoms with Crippen molar-refractivity contribution >= 4 is 21.9 Å². The Kier molecular flexibility index (Phi) is 5.04. The van der Waals surface area contributed by atoms with E-state index in [1.54, 1.807) is 7.05 Å². The molecule has 2 aromatic rings. The summed E-state index contributed by atoms with van der Waals surface area (Å²) in [5.74, 6) is -1.08. The molecule has 0 bridgehead atoms. The molecule has 2 aromatic heterocycles. The van der Waals surface area contributed by atoms with Gasteiger partial charge in [0.2, 0.25) is 10.0 Å². The first-order valence-corrected chi connectivity index (χ1v) is 8.67. The third kappa shape index (κ3) is 3.74. The molecule has 2 rings (SSSR count). The summed E-state index contributed by atoms with van der Waals surface area (Å²) in [6.07, 6.45) is 1.35. The fourth-order valence-corrected chi connectivity index (χ4v) is 3.19. The van der Waals surface area contributed by atoms with Crippen molar-refractivity contribution in [2.45, 2.75) is 18.4 Å². The summed E-state index contributed by atoms with van der Waals surface area (Å²) in [6.45, 7) is 1.50. The maximum Gasteiger partial charge on any atom is 0.339 e. The van der Waals surface area contributed by atoms with Crippen LogP contribution in [0.5, 0.6) is 0 Å². The average molecular weight is 369 g/mol. The summed E-state index contributed by atoms with van der Waals surface area (Å²) in [5.41, 5.74) is 0.185. The van der Waals surface area contributed by atoms with E-state index < -0.39 is 21.9 Å². The molecule has 0 atom stereocenters. The van der Waals surface area contributed by atoms with Crippen molar-refractivity contribution in [3.8, 4) is 0 Å². The van der Waals surface area contributed by atoms with Crippen LogP contribution < -0.4 is 5.32 Å². The van der Waals surface area contributed by atoms with Crippen molar-refractivity contribution in [1.82, 2.24) is 14.2 Å². The summed E-state index contributed by atoms with van der Waals surface area (Å²) < 4.78 is 32.0. The molecule has 1 amide bonds. The van der Waals surface area contributed by atoms with Crippen LogP contribution in [0.25, 0.3) is 0 Å². The molecular formula is C15H19N3O6S. The lowest BCUT2D eigenvalue weighted by molar-refractivity contribution is 0.0694. The zero-order valence-electron chi connectivity index (χ0n) is 14.2. The van der Waals surface area contributed by atoms with Gasteiger partial charge in [0.15, 0.2) is 0 Å². The van der Waals surface area contributed by atoms with Crippen LogP contribution in [0.15, 0.2) is 27.6 Å². The Morgan fingerprint density at radius 1 is 1.32 bits per heavy atom. The predicted molar refractivity (Wildman–Crippen MR) is 87.9 cm³/mol. The Bertz CT molecular complexity index is 923. The van der Waals surface area contributed by atoms with Crippen molar-refractivity contribution in [1.29, 1.82) is 0 Å². The normalized spacial score (nSPS) is 11.7. The minimum absolute atomic E-state index is 0.00663. The highest BCUT2D eigenvalue weighted by Gasteiger charge is 2.22. The summed E-state index contributed by atoms with van der Waals surface area (Å²) in [6, 6.07) is 2.62. The van der Waals surface area contributed by atoms with E-state index in [1.807, 2.05) is 0 Å². The third-order valence-corrected chi connectivity index (χ3v) is 5.39. The topological polar surface area (TPSA) is 122 Å². The lowest BCUT2D eigenvalue weighted by atomic mass is 10.2. The number of sulfonamides is 1. The molecular weight excluding hydrogens is 350 g/mol. The Labute approximate surface area is 144 Å². The largest absolute Gasteiger partial charge is 0.478 e. The highest BCUT2D eigenvalue weighted by molar-refractivity contribution is 7.89. The molecule has 25 heavy (non-hydrogen) atoms. The van der Waals surface area contributed by atoms with Crippen LogP contribution in [-0.2, 0) is 23.6 Å². The molecule has 9 nitrogen and oxygen atoms in total. The van der Waals surface area contributed by atoms with Crippen LogP contribution in [0.2, 0.25) is 0 Å². The number of aryl methyl sites for hydroxylation is 2. The van der Waals surface area contributed by atoms with E-state index in [4.69, 9.17) is 9.52 Å². The van der Waals surface area contributed by atoms with Crippen LogP contribution >= 0.6 is 0 Å². The first-order valence-electron chi connectivity index (χ1n) is 7.23. The van der Waals surface area contributed by atoms with E-state index >= 15 is 0 Å². The minimum atomic E-state index is -3.64. The fourth-order valence-electron chi connectivity index (χ4n) is 2.21. The monoisotopic (exact) mass is 369 g/mol. The molecule has 2 N–H and O–H groups in total. The van der Waals surface area contributed by atoms with E-state index in [0.29, 0.717) is 5.76 Å². The standard InChI is InChI=1S/C15H19N3O6S/c1-9-12(15(20)21)5-10(24-9)7-16-14(19)13-6-11(8-18(13)4)25(22,23)17(2)3/h5-6,8H,7H2,1-4H3,(H,16,19)(H,20,21). The van der Waals surface area contributed by atoms with E-state index in [-0.39, 0.29) is 28.5 Å². The minimum Gasteiger partial charge on any atom is -0.478 e. The molecule has 0 aliphatic rings. The van der Waals surface area contributed by atoms with Crippen LogP contribution in [0, 0.1) is 6.92 Å². The Hall–Kier alpha value is -2.59. The number of aromatic nitrogens is 1. The van der Waals surface area contributed by atoms with Crippen molar-refractivity contribution in [2.24, 2.45) is 7.05 Å². The second-order valence-corrected chi connectivity index (χ2v) is 7.78. The summed E-state index contributed by atoms with van der Waals surface area (Å²) in [4.78, 5) is 23.3. The molecule has 0 saturated heterocycles. The van der Waals surface area contributed by atoms with Crippen molar-refractivity contribution in [3.63, 3.8) is 0 Å². The quantitative estimate of drug-likeness (QED) is 0.777. The Morgan fingerprint density at radius 2 is 1.96 bits per heavy atom. The summed E-state index contributed by atoms with van der Waals surface area (Å²) in [7, 11) is 0.725. The van der Waals surface area contributed by atoms with Gasteiger partial charge in [-0.05, 0) is 19.1 Å². The molecule has 0 aromatic carbocycles. The number of hydrogen-bond acceptors (Lipinski definition) is 5. The van der Waals surface area contributed by atoms with Crippen LogP contribution in [0.1, 0.15) is 32.4 Å². The first-order chi connectivity index (χ1) is 11.5. The summed E-state index contributed by atoms with van der Waals surface area (Å²) in [5, 5.41) is 11.6. The third-order valence-electron chi connectivity index (χ3n) is 3.61. The zero-order valence-corrected chi connectivity index (χ0v) is 15.0. The molecule has 0 aliphatic heterocycles. The Morgan fingerprint density at radius 3 is 2.48 bits per heavy atom. The van der Waals surface area contributed by atoms with Gasteiger partial charge in [-0.15, -0.1) is 0 Å². The van der Waals surface area contributed by atoms with Gasteiger partial charge in [-0.1, -0.05) is 0 Å². The molecule has 0 unspecified atom stereocenters. The van der Waals surface area contributed by atoms with Crippen molar-refractivity contribution in [3.05, 3.63) is 41.1 Å². The number of nitrogens with zero attached hydrogens (tertiary/aromatic N) is 2. The zero-order chi connectivity index (χ0) is 18.9. The number of carboxylic acids is 1. The van der Waals surface area contributed by atoms with Crippen LogP contribution in [-0.4, -0.2) is 48.4 Å². The second kappa shape index (κ2) is 6.73. The molecule has 0 fully saturated rings. The van der Waals surface area contributed by atoms with Gasteiger partial charge in [-0.3, -0.25) is 4.79 Å². The first kappa shape index (κ1) is 18.7. The van der Waals surface area contributed by atoms with Gasteiger partial charge < -0.3 is 19.4 Å². The number of aromatic carboxylic acids is 1. The number of carboxylic acid groups (broad SMARTS) is 1. The smallest absolute Gasteiger partial charge is 0.339 e. The molecule has 136 valence electrons. The van der Waals surface area contributed by atoms with E-state index in [1.165, 1.54) is 43.9 Å². The number of carbonyl (C=O) groups excluding carboxylic acids is 1. The van der Waals surface area contributed by atoms with E-state index in [0.717, 1.165) is 4.31 Å². The van der Waals surface area contributed by atoms with Crippen molar-refractivity contribution < 1.29 is 27.5 Å². The molecule has 0 radical (unpaired) electrons. The number of hydrogen-bond donors (Lipinski definition) is 2. The molecule has 2 heterocycles. The Balaban J connectivity index is 2.16. The van der Waals surface area contributed by atoms with E-state index in [2.05, 4.69) is 5.32 Å². The highest BCUT2D eigenvalue weighted by atomic mass is 32.2. The lowest BCUT2D eigenvalue weighted by Crippen LogP contribution is -2.24. The molecule has 0 saturated carbocycles. The number of carbonyl (C=O) groups is 2. The van der Waals surface area contributed by atoms with Gasteiger partial charge in [0, 0.05) is 27.3 Å². The van der Waals surface area contributed by atoms with Gasteiger partial charge in [0.1, 0.15) is 27.7 Å². The maximum atomic E-state index is 12.3. The predicted octanol–water partition coefficient (Wildman–Crippen LogP) is 0.805. The second-order valence-electron chi connectivity index (χ2n) is 5.63. The van der Waals surface area contributed by atoms with Crippen LogP contribution in [0.3, 0.4) is 0 Å². The van der Waals surface area contributed by atoms with Gasteiger partial charge in [-0.2, -0.15) is 0 Å². The lowest BCUT2D eigenvalue weighted by Gasteiger charge is -2.08. The van der Waals surface area contributed by atoms with Gasteiger partial charge in [0.25, 0.3) is 5.91 Å². The highest BCUT2D eigenvalue weighted by Crippen LogP contribution is 2.17. The fraction of sp³-hybridized carbons (Fsp3) is 0.333. The van der Waals surface area contributed by atoms with E-state index in [9.17, 15) is 18.0 Å². The van der Waals surface area contributed by atoms with Crippen LogP contribution in [0.4, 0.5) is 0 Å². The van der Waals surface area contributed by atoms with Gasteiger partial charge in [-0.25, -0.2) is 17.5 Å². The molecule has 0 aliphatic carbocycles. The van der Waals surface area contributed by atoms with Gasteiger partial charge in [0.05, 0.1) is 6.54 Å². The van der Waals surface area contributed by atoms with Gasteiger partial charge >= 0.3 is 5.97 Å². The molecule has 10 heteroatoms.